The van der Waals surface area contributed by atoms with Gasteiger partial charge in [-0.1, -0.05) is 6.92 Å². The predicted molar refractivity (Wildman–Crippen MR) is 66.7 cm³/mol. The van der Waals surface area contributed by atoms with Gasteiger partial charge in [-0.25, -0.2) is 0 Å². The van der Waals surface area contributed by atoms with Gasteiger partial charge in [-0.15, -0.1) is 0 Å². The third kappa shape index (κ3) is 6.40. The van der Waals surface area contributed by atoms with Crippen molar-refractivity contribution in [1.82, 2.24) is 10.3 Å². The van der Waals surface area contributed by atoms with Crippen molar-refractivity contribution in [2.75, 3.05) is 19.7 Å². The molecule has 0 spiro atoms. The minimum Gasteiger partial charge on any atom is -0.492 e. The largest absolute Gasteiger partial charge is 0.492 e. The van der Waals surface area contributed by atoms with E-state index in [0.29, 0.717) is 0 Å². The minimum atomic E-state index is 0.791. The highest BCUT2D eigenvalue weighted by molar-refractivity contribution is 5.15. The van der Waals surface area contributed by atoms with Crippen LogP contribution in [0.1, 0.15) is 32.6 Å². The number of nitrogens with zero attached hydrogens (tertiary/aromatic N) is 1. The van der Waals surface area contributed by atoms with Crippen molar-refractivity contribution >= 4 is 0 Å². The van der Waals surface area contributed by atoms with E-state index in [1.165, 1.54) is 19.3 Å². The van der Waals surface area contributed by atoms with E-state index in [1.54, 1.807) is 12.4 Å². The second kappa shape index (κ2) is 9.16. The van der Waals surface area contributed by atoms with Crippen LogP contribution in [0.25, 0.3) is 0 Å². The molecule has 3 nitrogen and oxygen atoms in total. The van der Waals surface area contributed by atoms with Gasteiger partial charge in [0.15, 0.2) is 0 Å². The first-order valence-electron chi connectivity index (χ1n) is 6.17. The number of aromatic nitrogens is 1. The van der Waals surface area contributed by atoms with Crippen LogP contribution in [0, 0.1) is 0 Å². The average Bonchev–Trinajstić information content (AvgIpc) is 2.34. The van der Waals surface area contributed by atoms with Crippen molar-refractivity contribution in [3.8, 4) is 5.75 Å². The molecule has 90 valence electrons. The van der Waals surface area contributed by atoms with E-state index >= 15 is 0 Å². The van der Waals surface area contributed by atoms with Gasteiger partial charge in [0.2, 0.25) is 0 Å². The number of unbranched alkanes of at least 4 members (excludes halogenated alkanes) is 2. The molecule has 0 unspecified atom stereocenters. The lowest BCUT2D eigenvalue weighted by atomic mass is 10.2. The molecule has 0 saturated heterocycles. The van der Waals surface area contributed by atoms with Crippen LogP contribution >= 0.6 is 0 Å². The summed E-state index contributed by atoms with van der Waals surface area (Å²) >= 11 is 0. The Balaban J connectivity index is 1.89. The minimum absolute atomic E-state index is 0.791. The van der Waals surface area contributed by atoms with Crippen LogP contribution < -0.4 is 10.1 Å². The molecule has 0 fully saturated rings. The van der Waals surface area contributed by atoms with Crippen LogP contribution in [-0.4, -0.2) is 24.7 Å². The lowest BCUT2D eigenvalue weighted by Crippen LogP contribution is -2.15. The molecule has 0 bridgehead atoms. The summed E-state index contributed by atoms with van der Waals surface area (Å²) in [6.07, 6.45) is 8.29. The first-order valence-corrected chi connectivity index (χ1v) is 6.17. The summed E-state index contributed by atoms with van der Waals surface area (Å²) in [6, 6.07) is 3.83. The number of hydrogen-bond donors (Lipinski definition) is 1. The topological polar surface area (TPSA) is 34.1 Å². The van der Waals surface area contributed by atoms with Gasteiger partial charge in [0.1, 0.15) is 5.75 Å². The zero-order chi connectivity index (χ0) is 11.5. The predicted octanol–water partition coefficient (Wildman–Crippen LogP) is 2.63. The van der Waals surface area contributed by atoms with Gasteiger partial charge in [-0.3, -0.25) is 4.98 Å². The van der Waals surface area contributed by atoms with Gasteiger partial charge < -0.3 is 10.1 Å². The van der Waals surface area contributed by atoms with E-state index in [4.69, 9.17) is 4.74 Å². The van der Waals surface area contributed by atoms with Crippen LogP contribution in [0.3, 0.4) is 0 Å². The molecule has 1 heterocycles. The summed E-state index contributed by atoms with van der Waals surface area (Å²) in [6.45, 7) is 5.24. The molecule has 0 aromatic carbocycles. The monoisotopic (exact) mass is 222 g/mol. The van der Waals surface area contributed by atoms with E-state index in [0.717, 1.165) is 31.9 Å². The lowest BCUT2D eigenvalue weighted by molar-refractivity contribution is 0.304. The fourth-order valence-electron chi connectivity index (χ4n) is 1.45. The molecule has 1 aromatic rings. The highest BCUT2D eigenvalue weighted by Gasteiger charge is 1.93. The zero-order valence-electron chi connectivity index (χ0n) is 10.1. The van der Waals surface area contributed by atoms with Gasteiger partial charge in [-0.05, 0) is 50.9 Å². The fraction of sp³-hybridized carbons (Fsp3) is 0.615. The van der Waals surface area contributed by atoms with Crippen molar-refractivity contribution in [2.24, 2.45) is 0 Å². The summed E-state index contributed by atoms with van der Waals surface area (Å²) in [5.74, 6) is 0.867. The van der Waals surface area contributed by atoms with Crippen LogP contribution in [0.5, 0.6) is 5.75 Å². The van der Waals surface area contributed by atoms with Crippen LogP contribution in [0.15, 0.2) is 24.5 Å². The van der Waals surface area contributed by atoms with Gasteiger partial charge in [0, 0.05) is 6.20 Å². The standard InChI is InChI=1S/C13H22N2O/c1-2-8-14-9-4-3-5-11-16-13-7-6-10-15-12-13/h6-7,10,12,14H,2-5,8-9,11H2,1H3. The molecule has 1 rings (SSSR count). The third-order valence-corrected chi connectivity index (χ3v) is 2.33. The van der Waals surface area contributed by atoms with E-state index in [2.05, 4.69) is 17.2 Å². The van der Waals surface area contributed by atoms with Crippen LogP contribution in [0.2, 0.25) is 0 Å². The normalized spacial score (nSPS) is 10.3. The van der Waals surface area contributed by atoms with E-state index < -0.39 is 0 Å². The molecule has 1 N–H and O–H groups in total. The summed E-state index contributed by atoms with van der Waals surface area (Å²) < 4.78 is 5.55. The van der Waals surface area contributed by atoms with Crippen molar-refractivity contribution in [3.05, 3.63) is 24.5 Å². The first kappa shape index (κ1) is 13.0. The lowest BCUT2D eigenvalue weighted by Gasteiger charge is -2.05. The van der Waals surface area contributed by atoms with Gasteiger partial charge in [0.25, 0.3) is 0 Å². The van der Waals surface area contributed by atoms with E-state index in [-0.39, 0.29) is 0 Å². The van der Waals surface area contributed by atoms with E-state index in [9.17, 15) is 0 Å². The Hall–Kier alpha value is -1.09. The molecule has 0 aliphatic rings. The Morgan fingerprint density at radius 1 is 1.25 bits per heavy atom. The molecule has 0 atom stereocenters. The Bertz CT molecular complexity index is 251. The van der Waals surface area contributed by atoms with Crippen molar-refractivity contribution < 1.29 is 4.74 Å². The Morgan fingerprint density at radius 2 is 2.19 bits per heavy atom. The number of pyridine rings is 1. The van der Waals surface area contributed by atoms with E-state index in [1.807, 2.05) is 12.1 Å². The molecule has 0 amide bonds. The molecule has 0 radical (unpaired) electrons. The first-order chi connectivity index (χ1) is 7.93. The second-order valence-electron chi connectivity index (χ2n) is 3.85. The number of hydrogen-bond acceptors (Lipinski definition) is 3. The molecule has 3 heteroatoms. The number of rotatable bonds is 9. The molecule has 0 saturated carbocycles. The highest BCUT2D eigenvalue weighted by atomic mass is 16.5. The molecular formula is C13H22N2O. The van der Waals surface area contributed by atoms with Gasteiger partial charge in [0.05, 0.1) is 12.8 Å². The Kier molecular flexibility index (Phi) is 7.43. The third-order valence-electron chi connectivity index (χ3n) is 2.33. The number of ether oxygens (including phenoxy) is 1. The summed E-state index contributed by atoms with van der Waals surface area (Å²) in [5, 5.41) is 3.39. The molecule has 1 aromatic heterocycles. The maximum atomic E-state index is 5.55. The maximum Gasteiger partial charge on any atom is 0.137 e. The summed E-state index contributed by atoms with van der Waals surface area (Å²) in [7, 11) is 0. The maximum absolute atomic E-state index is 5.55. The Labute approximate surface area is 98.2 Å². The van der Waals surface area contributed by atoms with Crippen molar-refractivity contribution in [3.63, 3.8) is 0 Å². The van der Waals surface area contributed by atoms with Crippen LogP contribution in [0.4, 0.5) is 0 Å². The average molecular weight is 222 g/mol. The van der Waals surface area contributed by atoms with Crippen molar-refractivity contribution in [2.45, 2.75) is 32.6 Å². The second-order valence-corrected chi connectivity index (χ2v) is 3.85. The smallest absolute Gasteiger partial charge is 0.137 e. The van der Waals surface area contributed by atoms with Gasteiger partial charge in [-0.2, -0.15) is 0 Å². The summed E-state index contributed by atoms with van der Waals surface area (Å²) in [4.78, 5) is 4.00. The van der Waals surface area contributed by atoms with Gasteiger partial charge >= 0.3 is 0 Å². The zero-order valence-corrected chi connectivity index (χ0v) is 10.1. The summed E-state index contributed by atoms with van der Waals surface area (Å²) in [5.41, 5.74) is 0. The SMILES string of the molecule is CCCNCCCCCOc1cccnc1. The Morgan fingerprint density at radius 3 is 2.94 bits per heavy atom. The molecule has 0 aliphatic carbocycles. The quantitative estimate of drug-likeness (QED) is 0.652. The fourth-order valence-corrected chi connectivity index (χ4v) is 1.45. The molecular weight excluding hydrogens is 200 g/mol. The molecule has 16 heavy (non-hydrogen) atoms. The van der Waals surface area contributed by atoms with Crippen LogP contribution in [-0.2, 0) is 0 Å². The number of nitrogens with one attached hydrogen (secondary N) is 1. The molecule has 0 aliphatic heterocycles. The highest BCUT2D eigenvalue weighted by Crippen LogP contribution is 2.07. The van der Waals surface area contributed by atoms with Crippen molar-refractivity contribution in [1.29, 1.82) is 0 Å².